The molecule has 0 radical (unpaired) electrons. The van der Waals surface area contributed by atoms with E-state index in [1.165, 1.54) is 11.8 Å². The van der Waals surface area contributed by atoms with Crippen LogP contribution in [0.2, 0.25) is 0 Å². The number of anilines is 2. The average Bonchev–Trinajstić information content (AvgIpc) is 2.87. The van der Waals surface area contributed by atoms with Gasteiger partial charge in [-0.2, -0.15) is 0 Å². The molecule has 3 heterocycles. The van der Waals surface area contributed by atoms with Crippen molar-refractivity contribution in [2.75, 3.05) is 43.4 Å². The first-order valence-corrected chi connectivity index (χ1v) is 12.4. The summed E-state index contributed by atoms with van der Waals surface area (Å²) < 4.78 is 0. The smallest absolute Gasteiger partial charge is 0.130 e. The van der Waals surface area contributed by atoms with Crippen LogP contribution < -0.4 is 16.0 Å². The zero-order chi connectivity index (χ0) is 24.9. The predicted octanol–water partition coefficient (Wildman–Crippen LogP) is 5.54. The SMILES string of the molecule is C=C(N)/C(=C/C)SC(=C)c1ccc2cnc(NC(=C)c3ccnc(N4CCN(C)CC4)c3)cc2c1. The Labute approximate surface area is 211 Å². The third-order valence-corrected chi connectivity index (χ3v) is 7.26. The summed E-state index contributed by atoms with van der Waals surface area (Å²) in [7, 11) is 2.15. The minimum absolute atomic E-state index is 0.542. The molecule has 6 nitrogen and oxygen atoms in total. The summed E-state index contributed by atoms with van der Waals surface area (Å²) in [5.41, 5.74) is 9.23. The van der Waals surface area contributed by atoms with E-state index in [0.717, 1.165) is 75.2 Å². The van der Waals surface area contributed by atoms with Gasteiger partial charge in [0.1, 0.15) is 11.6 Å². The fourth-order valence-electron chi connectivity index (χ4n) is 3.93. The number of likely N-dealkylation sites (N-methyl/N-ethyl adjacent to an activating group) is 1. The van der Waals surface area contributed by atoms with Crippen LogP contribution in [0.4, 0.5) is 11.6 Å². The summed E-state index contributed by atoms with van der Waals surface area (Å²) >= 11 is 1.52. The van der Waals surface area contributed by atoms with Gasteiger partial charge < -0.3 is 20.9 Å². The normalized spacial score (nSPS) is 14.7. The molecule has 3 N–H and O–H groups in total. The fourth-order valence-corrected chi connectivity index (χ4v) is 4.68. The van der Waals surface area contributed by atoms with Gasteiger partial charge in [0.05, 0.1) is 0 Å². The number of thioether (sulfide) groups is 1. The van der Waals surface area contributed by atoms with E-state index < -0.39 is 0 Å². The van der Waals surface area contributed by atoms with E-state index in [0.29, 0.717) is 5.70 Å². The Hall–Kier alpha value is -3.55. The predicted molar refractivity (Wildman–Crippen MR) is 152 cm³/mol. The van der Waals surface area contributed by atoms with Crippen molar-refractivity contribution >= 4 is 44.8 Å². The van der Waals surface area contributed by atoms with Crippen molar-refractivity contribution in [3.8, 4) is 0 Å². The molecule has 2 aromatic heterocycles. The molecule has 1 aromatic carbocycles. The first kappa shape index (κ1) is 24.6. The molecular formula is C28H32N6S. The first-order chi connectivity index (χ1) is 16.8. The summed E-state index contributed by atoms with van der Waals surface area (Å²) in [4.78, 5) is 15.6. The second-order valence-corrected chi connectivity index (χ2v) is 9.77. The van der Waals surface area contributed by atoms with Gasteiger partial charge in [-0.05, 0) is 49.2 Å². The zero-order valence-electron chi connectivity index (χ0n) is 20.4. The lowest BCUT2D eigenvalue weighted by molar-refractivity contribution is 0.312. The van der Waals surface area contributed by atoms with Crippen molar-refractivity contribution in [3.05, 3.63) is 96.3 Å². The molecule has 0 spiro atoms. The van der Waals surface area contributed by atoms with Crippen molar-refractivity contribution in [2.45, 2.75) is 6.92 Å². The van der Waals surface area contributed by atoms with Gasteiger partial charge in [0, 0.05) is 70.7 Å². The number of rotatable bonds is 8. The Morgan fingerprint density at radius 2 is 1.77 bits per heavy atom. The largest absolute Gasteiger partial charge is 0.398 e. The molecule has 0 atom stereocenters. The molecule has 0 saturated carbocycles. The van der Waals surface area contributed by atoms with Crippen molar-refractivity contribution in [1.82, 2.24) is 14.9 Å². The number of nitrogens with two attached hydrogens (primary N) is 1. The maximum absolute atomic E-state index is 5.88. The highest BCUT2D eigenvalue weighted by Gasteiger charge is 2.16. The van der Waals surface area contributed by atoms with E-state index in [2.05, 4.69) is 76.1 Å². The van der Waals surface area contributed by atoms with Gasteiger partial charge in [-0.3, -0.25) is 0 Å². The Balaban J connectivity index is 1.50. The lowest BCUT2D eigenvalue weighted by atomic mass is 10.1. The van der Waals surface area contributed by atoms with Crippen LogP contribution in [0.5, 0.6) is 0 Å². The van der Waals surface area contributed by atoms with E-state index in [9.17, 15) is 0 Å². The van der Waals surface area contributed by atoms with Crippen molar-refractivity contribution < 1.29 is 0 Å². The summed E-state index contributed by atoms with van der Waals surface area (Å²) in [5.74, 6) is 1.71. The number of nitrogens with one attached hydrogen (secondary N) is 1. The average molecular weight is 485 g/mol. The second kappa shape index (κ2) is 10.8. The van der Waals surface area contributed by atoms with E-state index in [1.54, 1.807) is 0 Å². The van der Waals surface area contributed by atoms with Gasteiger partial charge in [0.25, 0.3) is 0 Å². The van der Waals surface area contributed by atoms with Gasteiger partial charge in [0.2, 0.25) is 0 Å². The molecule has 1 fully saturated rings. The van der Waals surface area contributed by atoms with Crippen LogP contribution in [0, 0.1) is 0 Å². The lowest BCUT2D eigenvalue weighted by Gasteiger charge is -2.33. The van der Waals surface area contributed by atoms with Crippen LogP contribution >= 0.6 is 11.8 Å². The lowest BCUT2D eigenvalue weighted by Crippen LogP contribution is -2.44. The summed E-state index contributed by atoms with van der Waals surface area (Å²) in [6.45, 7) is 18.3. The maximum Gasteiger partial charge on any atom is 0.130 e. The van der Waals surface area contributed by atoms with E-state index in [1.807, 2.05) is 37.5 Å². The van der Waals surface area contributed by atoms with Gasteiger partial charge in [0.15, 0.2) is 0 Å². The second-order valence-electron chi connectivity index (χ2n) is 8.63. The highest BCUT2D eigenvalue weighted by Crippen LogP contribution is 2.35. The van der Waals surface area contributed by atoms with Crippen LogP contribution in [0.25, 0.3) is 21.4 Å². The number of nitrogens with zero attached hydrogens (tertiary/aromatic N) is 4. The van der Waals surface area contributed by atoms with Crippen molar-refractivity contribution in [3.63, 3.8) is 0 Å². The van der Waals surface area contributed by atoms with Crippen LogP contribution in [-0.2, 0) is 0 Å². The monoisotopic (exact) mass is 484 g/mol. The van der Waals surface area contributed by atoms with Crippen molar-refractivity contribution in [1.29, 1.82) is 0 Å². The summed E-state index contributed by atoms with van der Waals surface area (Å²) in [6.07, 6.45) is 5.66. The molecule has 0 bridgehead atoms. The van der Waals surface area contributed by atoms with E-state index in [-0.39, 0.29) is 0 Å². The van der Waals surface area contributed by atoms with Crippen LogP contribution in [-0.4, -0.2) is 48.1 Å². The molecule has 1 saturated heterocycles. The molecular weight excluding hydrogens is 452 g/mol. The van der Waals surface area contributed by atoms with Gasteiger partial charge >= 0.3 is 0 Å². The fraction of sp³-hybridized carbons (Fsp3) is 0.214. The zero-order valence-corrected chi connectivity index (χ0v) is 21.2. The molecule has 7 heteroatoms. The van der Waals surface area contributed by atoms with Gasteiger partial charge in [-0.1, -0.05) is 49.7 Å². The Morgan fingerprint density at radius 3 is 2.49 bits per heavy atom. The molecule has 3 aromatic rings. The number of hydrogen-bond donors (Lipinski definition) is 2. The number of aromatic nitrogens is 2. The number of allylic oxidation sites excluding steroid dienone is 1. The highest BCUT2D eigenvalue weighted by molar-refractivity contribution is 8.11. The Kier molecular flexibility index (Phi) is 7.58. The summed E-state index contributed by atoms with van der Waals surface area (Å²) in [6, 6.07) is 12.3. The van der Waals surface area contributed by atoms with Crippen LogP contribution in [0.15, 0.2) is 85.2 Å². The molecule has 1 aliphatic heterocycles. The van der Waals surface area contributed by atoms with E-state index >= 15 is 0 Å². The first-order valence-electron chi connectivity index (χ1n) is 11.6. The highest BCUT2D eigenvalue weighted by atomic mass is 32.2. The van der Waals surface area contributed by atoms with Crippen LogP contribution in [0.3, 0.4) is 0 Å². The van der Waals surface area contributed by atoms with E-state index in [4.69, 9.17) is 5.73 Å². The topological polar surface area (TPSA) is 70.3 Å². The van der Waals surface area contributed by atoms with Gasteiger partial charge in [-0.15, -0.1) is 0 Å². The number of piperazine rings is 1. The van der Waals surface area contributed by atoms with Crippen LogP contribution in [0.1, 0.15) is 18.1 Å². The summed E-state index contributed by atoms with van der Waals surface area (Å²) in [5, 5.41) is 5.49. The number of fused-ring (bicyclic) bond motifs is 1. The Bertz CT molecular complexity index is 1300. The molecule has 35 heavy (non-hydrogen) atoms. The third kappa shape index (κ3) is 5.93. The maximum atomic E-state index is 5.88. The molecule has 0 amide bonds. The number of hydrogen-bond acceptors (Lipinski definition) is 7. The standard InChI is InChI=1S/C28H32N6S/c1-6-26(19(2)29)35-21(4)23-7-8-24-18-31-27(16-25(24)15-23)32-20(3)22-9-10-30-28(17-22)34-13-11-33(5)12-14-34/h6-10,15-18H,2-4,11-14,29H2,1,5H3,(H,31,32)/b26-6-. The molecule has 0 aliphatic carbocycles. The minimum Gasteiger partial charge on any atom is -0.398 e. The molecule has 1 aliphatic rings. The number of pyridine rings is 2. The quantitative estimate of drug-likeness (QED) is 0.407. The van der Waals surface area contributed by atoms with Gasteiger partial charge in [-0.25, -0.2) is 9.97 Å². The molecule has 4 rings (SSSR count). The number of benzene rings is 1. The van der Waals surface area contributed by atoms with Crippen molar-refractivity contribution in [2.24, 2.45) is 5.73 Å². The minimum atomic E-state index is 0.542. The molecule has 0 unspecified atom stereocenters. The Morgan fingerprint density at radius 1 is 1.00 bits per heavy atom. The molecule has 180 valence electrons. The third-order valence-electron chi connectivity index (χ3n) is 6.06.